The van der Waals surface area contributed by atoms with Gasteiger partial charge in [-0.15, -0.1) is 10.2 Å². The van der Waals surface area contributed by atoms with E-state index in [1.807, 2.05) is 6.07 Å². The lowest BCUT2D eigenvalue weighted by Crippen LogP contribution is -2.43. The van der Waals surface area contributed by atoms with E-state index in [1.165, 1.54) is 44.7 Å². The van der Waals surface area contributed by atoms with E-state index in [4.69, 9.17) is 4.74 Å². The van der Waals surface area contributed by atoms with E-state index in [-0.39, 0.29) is 11.3 Å². The highest BCUT2D eigenvalue weighted by Gasteiger charge is 2.28. The highest BCUT2D eigenvalue weighted by molar-refractivity contribution is 5.75. The number of phenolic OH excluding ortho intramolecular Hbond substituents is 1. The summed E-state index contributed by atoms with van der Waals surface area (Å²) in [6.45, 7) is 1.84. The molecule has 0 radical (unpaired) electrons. The molecule has 0 spiro atoms. The molecule has 0 unspecified atom stereocenters. The number of aromatic nitrogens is 3. The van der Waals surface area contributed by atoms with E-state index in [1.54, 1.807) is 18.3 Å². The lowest BCUT2D eigenvalue weighted by molar-refractivity contribution is 0.311. The van der Waals surface area contributed by atoms with Crippen LogP contribution in [0.5, 0.6) is 11.5 Å². The van der Waals surface area contributed by atoms with Gasteiger partial charge in [-0.2, -0.15) is 0 Å². The summed E-state index contributed by atoms with van der Waals surface area (Å²) < 4.78 is 20.1. The average Bonchev–Trinajstić information content (AvgIpc) is 3.26. The van der Waals surface area contributed by atoms with Crippen LogP contribution >= 0.6 is 0 Å². The number of phenols is 1. The number of pyridine rings is 1. The Bertz CT molecular complexity index is 1100. The van der Waals surface area contributed by atoms with E-state index in [0.717, 1.165) is 25.3 Å². The molecule has 3 aromatic rings. The maximum atomic E-state index is 14.9. The Labute approximate surface area is 186 Å². The molecule has 3 heterocycles. The molecule has 2 aliphatic rings. The summed E-state index contributed by atoms with van der Waals surface area (Å²) in [5.74, 6) is 0.755. The zero-order chi connectivity index (χ0) is 22.1. The second-order valence-corrected chi connectivity index (χ2v) is 8.47. The lowest BCUT2D eigenvalue weighted by atomic mass is 9.92. The van der Waals surface area contributed by atoms with Gasteiger partial charge in [0.2, 0.25) is 0 Å². The minimum Gasteiger partial charge on any atom is -0.507 e. The van der Waals surface area contributed by atoms with Crippen molar-refractivity contribution in [2.75, 3.05) is 25.1 Å². The minimum absolute atomic E-state index is 0.0720. The molecule has 1 saturated carbocycles. The highest BCUT2D eigenvalue weighted by Crippen LogP contribution is 2.35. The molecule has 2 fully saturated rings. The third-order valence-corrected chi connectivity index (χ3v) is 6.36. The molecule has 0 amide bonds. The topological polar surface area (TPSA) is 83.4 Å². The molecule has 1 aliphatic carbocycles. The van der Waals surface area contributed by atoms with Crippen molar-refractivity contribution in [2.45, 2.75) is 37.8 Å². The Kier molecular flexibility index (Phi) is 5.61. The molecule has 2 aromatic heterocycles. The first-order valence-corrected chi connectivity index (χ1v) is 11.0. The molecule has 8 heteroatoms. The highest BCUT2D eigenvalue weighted by atomic mass is 19.1. The summed E-state index contributed by atoms with van der Waals surface area (Å²) in [6, 6.07) is 9.14. The van der Waals surface area contributed by atoms with Crippen molar-refractivity contribution in [3.8, 4) is 33.9 Å². The van der Waals surface area contributed by atoms with Crippen LogP contribution in [0.1, 0.15) is 25.7 Å². The zero-order valence-electron chi connectivity index (χ0n) is 18.0. The number of halogens is 1. The van der Waals surface area contributed by atoms with Crippen LogP contribution in [0.4, 0.5) is 10.2 Å². The van der Waals surface area contributed by atoms with Crippen LogP contribution in [0.2, 0.25) is 0 Å². The summed E-state index contributed by atoms with van der Waals surface area (Å²) in [6.07, 6.45) is 8.03. The maximum absolute atomic E-state index is 14.9. The summed E-state index contributed by atoms with van der Waals surface area (Å²) in [7, 11) is 1.52. The fourth-order valence-corrected chi connectivity index (χ4v) is 4.32. The second-order valence-electron chi connectivity index (χ2n) is 8.47. The second kappa shape index (κ2) is 8.70. The van der Waals surface area contributed by atoms with Crippen molar-refractivity contribution in [3.05, 3.63) is 48.5 Å². The van der Waals surface area contributed by atoms with Gasteiger partial charge in [-0.25, -0.2) is 4.39 Å². The standard InChI is InChI=1S/C24H26FN5O2/c1-32-18-9-15(12-26-13-18)19-11-23(31)20(10-21(19)25)22-5-6-24(29-28-22)30-8-7-17(14-30)27-16-3-2-4-16/h5-6,9-13,16-17,27,31H,2-4,7-8,14H2,1H3/t17-/m1/s1. The minimum atomic E-state index is -0.483. The molecule has 7 nitrogen and oxygen atoms in total. The normalized spacial score (nSPS) is 18.6. The van der Waals surface area contributed by atoms with E-state index in [9.17, 15) is 9.50 Å². The van der Waals surface area contributed by atoms with Crippen LogP contribution in [-0.4, -0.2) is 52.6 Å². The van der Waals surface area contributed by atoms with Gasteiger partial charge in [0.1, 0.15) is 17.3 Å². The van der Waals surface area contributed by atoms with Gasteiger partial charge in [0.15, 0.2) is 5.82 Å². The molecule has 1 aliphatic heterocycles. The molecular weight excluding hydrogens is 409 g/mol. The Morgan fingerprint density at radius 3 is 2.66 bits per heavy atom. The Hall–Kier alpha value is -3.26. The molecule has 0 bridgehead atoms. The van der Waals surface area contributed by atoms with Crippen molar-refractivity contribution in [1.29, 1.82) is 0 Å². The van der Waals surface area contributed by atoms with E-state index >= 15 is 0 Å². The van der Waals surface area contributed by atoms with Gasteiger partial charge in [0, 0.05) is 48.1 Å². The maximum Gasteiger partial charge on any atom is 0.151 e. The third-order valence-electron chi connectivity index (χ3n) is 6.36. The summed E-state index contributed by atoms with van der Waals surface area (Å²) in [5.41, 5.74) is 1.48. The Balaban J connectivity index is 1.33. The van der Waals surface area contributed by atoms with Crippen molar-refractivity contribution in [3.63, 3.8) is 0 Å². The predicted molar refractivity (Wildman–Crippen MR) is 120 cm³/mol. The van der Waals surface area contributed by atoms with E-state index in [0.29, 0.717) is 34.7 Å². The van der Waals surface area contributed by atoms with Crippen molar-refractivity contribution in [1.82, 2.24) is 20.5 Å². The lowest BCUT2D eigenvalue weighted by Gasteiger charge is -2.29. The fraction of sp³-hybridized carbons (Fsp3) is 0.375. The van der Waals surface area contributed by atoms with E-state index in [2.05, 4.69) is 25.4 Å². The number of anilines is 1. The van der Waals surface area contributed by atoms with Gasteiger partial charge < -0.3 is 20.1 Å². The number of ether oxygens (including phenoxy) is 1. The van der Waals surface area contributed by atoms with Gasteiger partial charge in [-0.3, -0.25) is 4.98 Å². The van der Waals surface area contributed by atoms with Crippen LogP contribution in [0, 0.1) is 5.82 Å². The van der Waals surface area contributed by atoms with Crippen LogP contribution in [0.3, 0.4) is 0 Å². The van der Waals surface area contributed by atoms with Crippen LogP contribution in [0.15, 0.2) is 42.7 Å². The third kappa shape index (κ3) is 4.10. The van der Waals surface area contributed by atoms with Crippen LogP contribution in [0.25, 0.3) is 22.4 Å². The first kappa shape index (κ1) is 20.6. The van der Waals surface area contributed by atoms with Gasteiger partial charge in [0.25, 0.3) is 0 Å². The monoisotopic (exact) mass is 435 g/mol. The summed E-state index contributed by atoms with van der Waals surface area (Å²) in [5, 5.41) is 22.9. The first-order chi connectivity index (χ1) is 15.6. The van der Waals surface area contributed by atoms with E-state index < -0.39 is 5.82 Å². The van der Waals surface area contributed by atoms with Gasteiger partial charge >= 0.3 is 0 Å². The average molecular weight is 436 g/mol. The Morgan fingerprint density at radius 1 is 1.06 bits per heavy atom. The zero-order valence-corrected chi connectivity index (χ0v) is 18.0. The smallest absolute Gasteiger partial charge is 0.151 e. The summed E-state index contributed by atoms with van der Waals surface area (Å²) >= 11 is 0. The number of methoxy groups -OCH3 is 1. The van der Waals surface area contributed by atoms with Crippen LogP contribution in [-0.2, 0) is 0 Å². The number of hydrogen-bond acceptors (Lipinski definition) is 7. The predicted octanol–water partition coefficient (Wildman–Crippen LogP) is 3.78. The number of aromatic hydroxyl groups is 1. The van der Waals surface area contributed by atoms with Gasteiger partial charge in [-0.1, -0.05) is 6.42 Å². The largest absolute Gasteiger partial charge is 0.507 e. The van der Waals surface area contributed by atoms with Crippen molar-refractivity contribution in [2.24, 2.45) is 0 Å². The fourth-order valence-electron chi connectivity index (χ4n) is 4.32. The SMILES string of the molecule is COc1cncc(-c2cc(O)c(-c3ccc(N4CC[C@@H](NC5CCC5)C4)nn3)cc2F)c1. The van der Waals surface area contributed by atoms with Crippen molar-refractivity contribution >= 4 is 5.82 Å². The molecule has 1 aromatic carbocycles. The first-order valence-electron chi connectivity index (χ1n) is 11.0. The quantitative estimate of drug-likeness (QED) is 0.610. The number of nitrogens with one attached hydrogen (secondary N) is 1. The molecule has 1 atom stereocenters. The molecule has 1 saturated heterocycles. The van der Waals surface area contributed by atoms with Crippen LogP contribution < -0.4 is 15.0 Å². The van der Waals surface area contributed by atoms with Gasteiger partial charge in [-0.05, 0) is 49.6 Å². The Morgan fingerprint density at radius 2 is 1.94 bits per heavy atom. The number of nitrogens with zero attached hydrogens (tertiary/aromatic N) is 4. The molecule has 5 rings (SSSR count). The molecule has 2 N–H and O–H groups in total. The van der Waals surface area contributed by atoms with Crippen molar-refractivity contribution < 1.29 is 14.2 Å². The summed E-state index contributed by atoms with van der Waals surface area (Å²) in [4.78, 5) is 6.27. The number of benzene rings is 1. The molecular formula is C24H26FN5O2. The number of hydrogen-bond donors (Lipinski definition) is 2. The molecule has 32 heavy (non-hydrogen) atoms. The van der Waals surface area contributed by atoms with Gasteiger partial charge in [0.05, 0.1) is 19.0 Å². The number of rotatable bonds is 6. The molecule has 166 valence electrons.